The molecular formula is C17H25N3. The fourth-order valence-electron chi connectivity index (χ4n) is 3.12. The van der Waals surface area contributed by atoms with Gasteiger partial charge in [0.1, 0.15) is 6.07 Å². The van der Waals surface area contributed by atoms with Crippen molar-refractivity contribution in [3.63, 3.8) is 0 Å². The van der Waals surface area contributed by atoms with Gasteiger partial charge in [0.25, 0.3) is 0 Å². The van der Waals surface area contributed by atoms with Crippen LogP contribution in [0.2, 0.25) is 0 Å². The van der Waals surface area contributed by atoms with Gasteiger partial charge in [0.2, 0.25) is 0 Å². The van der Waals surface area contributed by atoms with E-state index in [4.69, 9.17) is 0 Å². The van der Waals surface area contributed by atoms with E-state index in [-0.39, 0.29) is 0 Å². The zero-order chi connectivity index (χ0) is 14.5. The average molecular weight is 271 g/mol. The zero-order valence-electron chi connectivity index (χ0n) is 12.8. The van der Waals surface area contributed by atoms with E-state index in [0.717, 1.165) is 23.7 Å². The number of hydrogen-bond acceptors (Lipinski definition) is 3. The number of nitrogens with one attached hydrogen (secondary N) is 1. The Morgan fingerprint density at radius 3 is 2.60 bits per heavy atom. The molecule has 1 aromatic carbocycles. The van der Waals surface area contributed by atoms with Gasteiger partial charge in [-0.1, -0.05) is 13.0 Å². The van der Waals surface area contributed by atoms with Crippen molar-refractivity contribution in [1.29, 1.82) is 5.26 Å². The highest BCUT2D eigenvalue weighted by Crippen LogP contribution is 2.31. The summed E-state index contributed by atoms with van der Waals surface area (Å²) in [5.74, 6) is 0.855. The number of rotatable bonds is 4. The van der Waals surface area contributed by atoms with E-state index in [1.807, 2.05) is 13.1 Å². The van der Waals surface area contributed by atoms with Gasteiger partial charge in [-0.05, 0) is 56.3 Å². The van der Waals surface area contributed by atoms with Crippen molar-refractivity contribution in [2.45, 2.75) is 45.2 Å². The van der Waals surface area contributed by atoms with Crippen LogP contribution in [0.5, 0.6) is 0 Å². The maximum absolute atomic E-state index is 9.40. The number of anilines is 1. The summed E-state index contributed by atoms with van der Waals surface area (Å²) in [6.45, 7) is 3.14. The summed E-state index contributed by atoms with van der Waals surface area (Å²) in [4.78, 5) is 2.31. The first-order valence-corrected chi connectivity index (χ1v) is 7.56. The van der Waals surface area contributed by atoms with Gasteiger partial charge in [-0.15, -0.1) is 0 Å². The highest BCUT2D eigenvalue weighted by molar-refractivity contribution is 5.60. The third kappa shape index (κ3) is 3.32. The van der Waals surface area contributed by atoms with E-state index >= 15 is 0 Å². The van der Waals surface area contributed by atoms with E-state index in [9.17, 15) is 5.26 Å². The molecule has 1 N–H and O–H groups in total. The van der Waals surface area contributed by atoms with Crippen LogP contribution in [0.25, 0.3) is 0 Å². The third-order valence-electron chi connectivity index (χ3n) is 4.48. The van der Waals surface area contributed by atoms with Crippen LogP contribution >= 0.6 is 0 Å². The second-order valence-electron chi connectivity index (χ2n) is 6.02. The van der Waals surface area contributed by atoms with Gasteiger partial charge in [0.05, 0.1) is 11.3 Å². The van der Waals surface area contributed by atoms with Crippen molar-refractivity contribution >= 4 is 5.69 Å². The molecule has 3 nitrogen and oxygen atoms in total. The third-order valence-corrected chi connectivity index (χ3v) is 4.48. The summed E-state index contributed by atoms with van der Waals surface area (Å²) in [6, 6.07) is 9.16. The molecule has 0 aromatic heterocycles. The first-order valence-electron chi connectivity index (χ1n) is 7.56. The number of nitriles is 1. The van der Waals surface area contributed by atoms with Gasteiger partial charge in [-0.25, -0.2) is 0 Å². The largest absolute Gasteiger partial charge is 0.371 e. The predicted octanol–water partition coefficient (Wildman–Crippen LogP) is 3.29. The summed E-state index contributed by atoms with van der Waals surface area (Å²) in [5, 5.41) is 12.5. The molecule has 2 rings (SSSR count). The Kier molecular flexibility index (Phi) is 5.03. The van der Waals surface area contributed by atoms with E-state index < -0.39 is 0 Å². The lowest BCUT2D eigenvalue weighted by Gasteiger charge is -2.35. The number of hydrogen-bond donors (Lipinski definition) is 1. The van der Waals surface area contributed by atoms with Crippen molar-refractivity contribution in [2.75, 3.05) is 19.0 Å². The molecule has 1 fully saturated rings. The van der Waals surface area contributed by atoms with Crippen molar-refractivity contribution in [3.8, 4) is 6.07 Å². The Labute approximate surface area is 122 Å². The van der Waals surface area contributed by atoms with Crippen molar-refractivity contribution in [3.05, 3.63) is 29.3 Å². The minimum Gasteiger partial charge on any atom is -0.371 e. The van der Waals surface area contributed by atoms with Gasteiger partial charge in [0.15, 0.2) is 0 Å². The Balaban J connectivity index is 2.17. The highest BCUT2D eigenvalue weighted by atomic mass is 15.1. The summed E-state index contributed by atoms with van der Waals surface area (Å²) in [5.41, 5.74) is 3.03. The molecule has 0 radical (unpaired) electrons. The smallest absolute Gasteiger partial charge is 0.101 e. The SMILES string of the molecule is CNCc1ccc(N(C)C2CCC(C)CC2)c(C#N)c1. The first-order chi connectivity index (χ1) is 9.65. The lowest BCUT2D eigenvalue weighted by atomic mass is 9.86. The molecule has 0 amide bonds. The van der Waals surface area contributed by atoms with E-state index in [2.05, 4.69) is 42.4 Å². The summed E-state index contributed by atoms with van der Waals surface area (Å²) < 4.78 is 0. The lowest BCUT2D eigenvalue weighted by molar-refractivity contribution is 0.340. The fourth-order valence-corrected chi connectivity index (χ4v) is 3.12. The second kappa shape index (κ2) is 6.76. The van der Waals surface area contributed by atoms with Gasteiger partial charge in [-0.3, -0.25) is 0 Å². The minimum atomic E-state index is 0.577. The van der Waals surface area contributed by atoms with Gasteiger partial charge in [0, 0.05) is 19.6 Å². The predicted molar refractivity (Wildman–Crippen MR) is 83.7 cm³/mol. The molecule has 0 spiro atoms. The van der Waals surface area contributed by atoms with Crippen LogP contribution < -0.4 is 10.2 Å². The summed E-state index contributed by atoms with van der Waals surface area (Å²) >= 11 is 0. The molecule has 108 valence electrons. The molecular weight excluding hydrogens is 246 g/mol. The lowest BCUT2D eigenvalue weighted by Crippen LogP contribution is -2.35. The first kappa shape index (κ1) is 14.9. The van der Waals surface area contributed by atoms with Crippen LogP contribution in [0.4, 0.5) is 5.69 Å². The molecule has 20 heavy (non-hydrogen) atoms. The van der Waals surface area contributed by atoms with Gasteiger partial charge >= 0.3 is 0 Å². The number of benzene rings is 1. The van der Waals surface area contributed by atoms with Crippen molar-refractivity contribution < 1.29 is 0 Å². The monoisotopic (exact) mass is 271 g/mol. The Morgan fingerprint density at radius 2 is 2.00 bits per heavy atom. The normalized spacial score (nSPS) is 22.3. The molecule has 3 heteroatoms. The van der Waals surface area contributed by atoms with Crippen molar-refractivity contribution in [1.82, 2.24) is 5.32 Å². The molecule has 0 bridgehead atoms. The van der Waals surface area contributed by atoms with Gasteiger partial charge in [-0.2, -0.15) is 5.26 Å². The summed E-state index contributed by atoms with van der Waals surface area (Å²) in [7, 11) is 4.06. The van der Waals surface area contributed by atoms with Crippen LogP contribution in [0.15, 0.2) is 18.2 Å². The second-order valence-corrected chi connectivity index (χ2v) is 6.02. The molecule has 1 aliphatic rings. The van der Waals surface area contributed by atoms with Crippen LogP contribution in [0, 0.1) is 17.2 Å². The number of nitrogens with zero attached hydrogens (tertiary/aromatic N) is 2. The maximum atomic E-state index is 9.40. The minimum absolute atomic E-state index is 0.577. The van der Waals surface area contributed by atoms with Crippen LogP contribution in [-0.2, 0) is 6.54 Å². The molecule has 0 aliphatic heterocycles. The standard InChI is InChI=1S/C17H25N3/c1-13-4-7-16(8-5-13)20(3)17-9-6-14(12-19-2)10-15(17)11-18/h6,9-10,13,16,19H,4-5,7-8,12H2,1-3H3. The van der Waals surface area contributed by atoms with Crippen LogP contribution in [-0.4, -0.2) is 20.1 Å². The Bertz CT molecular complexity index is 481. The van der Waals surface area contributed by atoms with E-state index in [1.54, 1.807) is 0 Å². The maximum Gasteiger partial charge on any atom is 0.101 e. The average Bonchev–Trinajstić information content (AvgIpc) is 2.47. The quantitative estimate of drug-likeness (QED) is 0.913. The molecule has 1 aromatic rings. The fraction of sp³-hybridized carbons (Fsp3) is 0.588. The highest BCUT2D eigenvalue weighted by Gasteiger charge is 2.23. The van der Waals surface area contributed by atoms with Gasteiger partial charge < -0.3 is 10.2 Å². The van der Waals surface area contributed by atoms with Crippen LogP contribution in [0.1, 0.15) is 43.7 Å². The summed E-state index contributed by atoms with van der Waals surface area (Å²) in [6.07, 6.45) is 5.07. The molecule has 1 aliphatic carbocycles. The van der Waals surface area contributed by atoms with Crippen molar-refractivity contribution in [2.24, 2.45) is 5.92 Å². The molecule has 0 saturated heterocycles. The molecule has 0 unspecified atom stereocenters. The topological polar surface area (TPSA) is 39.1 Å². The Hall–Kier alpha value is -1.53. The van der Waals surface area contributed by atoms with E-state index in [0.29, 0.717) is 6.04 Å². The van der Waals surface area contributed by atoms with E-state index in [1.165, 1.54) is 31.2 Å². The Morgan fingerprint density at radius 1 is 1.30 bits per heavy atom. The molecule has 1 saturated carbocycles. The zero-order valence-corrected chi connectivity index (χ0v) is 12.8. The molecule has 0 atom stereocenters. The molecule has 0 heterocycles. The van der Waals surface area contributed by atoms with Crippen LogP contribution in [0.3, 0.4) is 0 Å².